The zero-order chi connectivity index (χ0) is 19.9. The first-order chi connectivity index (χ1) is 14.0. The largest absolute Gasteiger partial charge is 0.274 e. The Hall–Kier alpha value is -2.24. The lowest BCUT2D eigenvalue weighted by molar-refractivity contribution is -0.122. The van der Waals surface area contributed by atoms with E-state index in [0.29, 0.717) is 5.69 Å². The average Bonchev–Trinajstić information content (AvgIpc) is 3.01. The molecule has 3 aromatic carbocycles. The van der Waals surface area contributed by atoms with Crippen molar-refractivity contribution in [2.45, 2.75) is 10.2 Å². The Morgan fingerprint density at radius 3 is 1.93 bits per heavy atom. The summed E-state index contributed by atoms with van der Waals surface area (Å²) in [6, 6.07) is 23.8. The molecule has 29 heavy (non-hydrogen) atoms. The fourth-order valence-corrected chi connectivity index (χ4v) is 7.21. The minimum Gasteiger partial charge on any atom is -0.274 e. The van der Waals surface area contributed by atoms with E-state index < -0.39 is 16.2 Å². The summed E-state index contributed by atoms with van der Waals surface area (Å²) in [5.74, 6) is -1.27. The molecular formula is C24H15Br2NO2. The Labute approximate surface area is 185 Å². The van der Waals surface area contributed by atoms with Gasteiger partial charge in [0.05, 0.1) is 21.8 Å². The smallest absolute Gasteiger partial charge is 0.239 e. The molecular weight excluding hydrogens is 494 g/mol. The van der Waals surface area contributed by atoms with Crippen LogP contribution in [-0.4, -0.2) is 11.8 Å². The van der Waals surface area contributed by atoms with Gasteiger partial charge in [-0.1, -0.05) is 76.6 Å². The molecule has 0 radical (unpaired) electrons. The number of carbonyl (C=O) groups excluding carboxylic acids is 2. The van der Waals surface area contributed by atoms with Gasteiger partial charge in [0.1, 0.15) is 0 Å². The molecule has 2 bridgehead atoms. The minimum atomic E-state index is -0.706. The van der Waals surface area contributed by atoms with Crippen LogP contribution in [0.2, 0.25) is 0 Å². The highest BCUT2D eigenvalue weighted by Gasteiger charge is 2.67. The van der Waals surface area contributed by atoms with E-state index >= 15 is 0 Å². The predicted octanol–water partition coefficient (Wildman–Crippen LogP) is 5.35. The van der Waals surface area contributed by atoms with E-state index in [9.17, 15) is 9.59 Å². The van der Waals surface area contributed by atoms with Crippen molar-refractivity contribution in [1.29, 1.82) is 0 Å². The molecule has 3 aliphatic carbocycles. The van der Waals surface area contributed by atoms with E-state index in [1.807, 2.05) is 48.5 Å². The summed E-state index contributed by atoms with van der Waals surface area (Å²) < 4.78 is 0.0360. The Bertz CT molecular complexity index is 1170. The maximum absolute atomic E-state index is 13.8. The second-order valence-electron chi connectivity index (χ2n) is 7.83. The second-order valence-corrected chi connectivity index (χ2v) is 9.94. The number of para-hydroxylation sites is 1. The number of anilines is 1. The molecule has 2 atom stereocenters. The molecule has 1 fully saturated rings. The Kier molecular flexibility index (Phi) is 3.58. The van der Waals surface area contributed by atoms with Crippen molar-refractivity contribution in [1.82, 2.24) is 0 Å². The predicted molar refractivity (Wildman–Crippen MR) is 118 cm³/mol. The monoisotopic (exact) mass is 507 g/mol. The van der Waals surface area contributed by atoms with Crippen LogP contribution in [0.3, 0.4) is 0 Å². The summed E-state index contributed by atoms with van der Waals surface area (Å²) in [6.07, 6.45) is 0. The summed E-state index contributed by atoms with van der Waals surface area (Å²) in [4.78, 5) is 28.9. The lowest BCUT2D eigenvalue weighted by Gasteiger charge is -2.51. The Morgan fingerprint density at radius 2 is 1.31 bits per heavy atom. The number of benzene rings is 3. The van der Waals surface area contributed by atoms with Gasteiger partial charge in [-0.05, 0) is 50.3 Å². The summed E-state index contributed by atoms with van der Waals surface area (Å²) >= 11 is 7.53. The number of halogens is 2. The third-order valence-corrected chi connectivity index (χ3v) is 8.63. The minimum absolute atomic E-state index is 0.115. The highest BCUT2D eigenvalue weighted by Crippen LogP contribution is 2.66. The molecule has 1 heterocycles. The number of rotatable bonds is 1. The van der Waals surface area contributed by atoms with Gasteiger partial charge in [0, 0.05) is 10.4 Å². The number of amides is 2. The number of nitrogens with zero attached hydrogens (tertiary/aromatic N) is 1. The molecule has 4 aliphatic rings. The summed E-state index contributed by atoms with van der Waals surface area (Å²) in [7, 11) is 0. The first-order valence-corrected chi connectivity index (χ1v) is 11.1. The molecule has 2 amide bonds. The second kappa shape index (κ2) is 5.89. The Balaban J connectivity index is 1.64. The first kappa shape index (κ1) is 17.6. The topological polar surface area (TPSA) is 37.4 Å². The van der Waals surface area contributed by atoms with Gasteiger partial charge in [0.25, 0.3) is 0 Å². The molecule has 0 aromatic heterocycles. The highest BCUT2D eigenvalue weighted by atomic mass is 79.9. The molecule has 5 heteroatoms. The van der Waals surface area contributed by atoms with E-state index in [1.54, 1.807) is 0 Å². The van der Waals surface area contributed by atoms with Gasteiger partial charge >= 0.3 is 0 Å². The van der Waals surface area contributed by atoms with Gasteiger partial charge in [0.15, 0.2) is 0 Å². The molecule has 1 saturated heterocycles. The van der Waals surface area contributed by atoms with Crippen LogP contribution in [0, 0.1) is 11.8 Å². The van der Waals surface area contributed by atoms with Crippen molar-refractivity contribution in [3.05, 3.63) is 99.5 Å². The van der Waals surface area contributed by atoms with Crippen LogP contribution in [0.5, 0.6) is 0 Å². The number of hydrogen-bond donors (Lipinski definition) is 0. The van der Waals surface area contributed by atoms with Crippen molar-refractivity contribution in [3.8, 4) is 0 Å². The van der Waals surface area contributed by atoms with E-state index in [1.165, 1.54) is 4.90 Å². The lowest BCUT2D eigenvalue weighted by atomic mass is 9.55. The number of carbonyl (C=O) groups is 2. The van der Waals surface area contributed by atoms with Crippen molar-refractivity contribution >= 4 is 49.4 Å². The standard InChI is InChI=1S/C24H15Br2NO2/c25-17-11-5-6-12-18(17)27-22(28)20-19-13-7-1-3-9-15(13)24(26,21(20)23(27)29)16-10-4-2-8-14(16)19/h1-12,19-21H/t19?,20-,21+,24?/m0/s1. The normalized spacial score (nSPS) is 28.9. The molecule has 7 rings (SSSR count). The van der Waals surface area contributed by atoms with Crippen LogP contribution in [-0.2, 0) is 13.9 Å². The maximum Gasteiger partial charge on any atom is 0.239 e. The third kappa shape index (κ3) is 2.02. The SMILES string of the molecule is O=C1[C@H]2C3c4ccccc4C(Br)(c4ccccc43)[C@H]2C(=O)N1c1ccccc1Br. The van der Waals surface area contributed by atoms with Crippen molar-refractivity contribution in [2.24, 2.45) is 11.8 Å². The molecule has 3 aromatic rings. The van der Waals surface area contributed by atoms with Gasteiger partial charge < -0.3 is 0 Å². The van der Waals surface area contributed by atoms with Crippen LogP contribution in [0.15, 0.2) is 77.3 Å². The van der Waals surface area contributed by atoms with Gasteiger partial charge in [-0.25, -0.2) is 4.90 Å². The van der Waals surface area contributed by atoms with Crippen molar-refractivity contribution in [2.75, 3.05) is 4.90 Å². The zero-order valence-corrected chi connectivity index (χ0v) is 18.4. The molecule has 142 valence electrons. The van der Waals surface area contributed by atoms with E-state index in [2.05, 4.69) is 56.1 Å². The van der Waals surface area contributed by atoms with E-state index in [0.717, 1.165) is 26.7 Å². The van der Waals surface area contributed by atoms with Crippen LogP contribution in [0.25, 0.3) is 0 Å². The van der Waals surface area contributed by atoms with Gasteiger partial charge in [-0.15, -0.1) is 0 Å². The van der Waals surface area contributed by atoms with E-state index in [-0.39, 0.29) is 17.7 Å². The fourth-order valence-electron chi connectivity index (χ4n) is 5.55. The number of hydrogen-bond acceptors (Lipinski definition) is 2. The van der Waals surface area contributed by atoms with Crippen LogP contribution < -0.4 is 4.90 Å². The first-order valence-electron chi connectivity index (χ1n) is 9.55. The van der Waals surface area contributed by atoms with Crippen molar-refractivity contribution in [3.63, 3.8) is 0 Å². The van der Waals surface area contributed by atoms with Crippen LogP contribution >= 0.6 is 31.9 Å². The summed E-state index contributed by atoms with van der Waals surface area (Å²) in [5.41, 5.74) is 5.08. The maximum atomic E-state index is 13.8. The molecule has 0 N–H and O–H groups in total. The average molecular weight is 509 g/mol. The molecule has 0 saturated carbocycles. The zero-order valence-electron chi connectivity index (χ0n) is 15.2. The highest BCUT2D eigenvalue weighted by molar-refractivity contribution is 9.10. The van der Waals surface area contributed by atoms with Gasteiger partial charge in [-0.2, -0.15) is 0 Å². The van der Waals surface area contributed by atoms with Gasteiger partial charge in [-0.3, -0.25) is 9.59 Å². The van der Waals surface area contributed by atoms with Gasteiger partial charge in [0.2, 0.25) is 11.8 Å². The third-order valence-electron chi connectivity index (χ3n) is 6.61. The van der Waals surface area contributed by atoms with E-state index in [4.69, 9.17) is 0 Å². The fraction of sp³-hybridized carbons (Fsp3) is 0.167. The molecule has 3 nitrogen and oxygen atoms in total. The van der Waals surface area contributed by atoms with Crippen LogP contribution in [0.4, 0.5) is 5.69 Å². The van der Waals surface area contributed by atoms with Crippen molar-refractivity contribution < 1.29 is 9.59 Å². The molecule has 0 spiro atoms. The summed E-state index contributed by atoms with van der Waals surface area (Å²) in [6.45, 7) is 0. The molecule has 0 unspecified atom stereocenters. The quantitative estimate of drug-likeness (QED) is 0.328. The summed E-state index contributed by atoms with van der Waals surface area (Å²) in [5, 5.41) is 0. The lowest BCUT2D eigenvalue weighted by Crippen LogP contribution is -2.50. The number of imide groups is 1. The molecule has 1 aliphatic heterocycles. The van der Waals surface area contributed by atoms with Crippen LogP contribution in [0.1, 0.15) is 28.2 Å². The Morgan fingerprint density at radius 1 is 0.759 bits per heavy atom. The number of alkyl halides is 1.